The van der Waals surface area contributed by atoms with Gasteiger partial charge in [0.05, 0.1) is 0 Å². The van der Waals surface area contributed by atoms with Crippen LogP contribution >= 0.6 is 0 Å². The van der Waals surface area contributed by atoms with Crippen molar-refractivity contribution < 1.29 is 0 Å². The number of hydrogen-bond acceptors (Lipinski definition) is 2. The van der Waals surface area contributed by atoms with Gasteiger partial charge in [-0.15, -0.1) is 0 Å². The van der Waals surface area contributed by atoms with Crippen LogP contribution in [0.15, 0.2) is 18.2 Å². The molecule has 0 amide bonds. The van der Waals surface area contributed by atoms with E-state index in [4.69, 9.17) is 5.73 Å². The molecule has 0 radical (unpaired) electrons. The molecular formula is C19H30N2. The number of hydrogen-bond donors (Lipinski definition) is 1. The van der Waals surface area contributed by atoms with Crippen molar-refractivity contribution in [3.8, 4) is 0 Å². The highest BCUT2D eigenvalue weighted by atomic mass is 15.2. The first-order valence-electron chi connectivity index (χ1n) is 8.65. The molecule has 1 aliphatic carbocycles. The lowest BCUT2D eigenvalue weighted by Crippen LogP contribution is -2.51. The molecule has 2 fully saturated rings. The van der Waals surface area contributed by atoms with Gasteiger partial charge in [0, 0.05) is 25.2 Å². The molecule has 1 aromatic carbocycles. The molecule has 1 saturated carbocycles. The van der Waals surface area contributed by atoms with Crippen molar-refractivity contribution in [1.29, 1.82) is 0 Å². The van der Waals surface area contributed by atoms with Gasteiger partial charge in [-0.3, -0.25) is 4.90 Å². The Morgan fingerprint density at radius 1 is 1.19 bits per heavy atom. The fourth-order valence-corrected chi connectivity index (χ4v) is 4.07. The van der Waals surface area contributed by atoms with Crippen LogP contribution in [0.1, 0.15) is 55.2 Å². The molecular weight excluding hydrogens is 256 g/mol. The lowest BCUT2D eigenvalue weighted by molar-refractivity contribution is 0.116. The highest BCUT2D eigenvalue weighted by molar-refractivity contribution is 5.32. The zero-order chi connectivity index (χ0) is 15.0. The fourth-order valence-electron chi connectivity index (χ4n) is 4.07. The minimum atomic E-state index is 0.332. The molecule has 21 heavy (non-hydrogen) atoms. The van der Waals surface area contributed by atoms with Crippen LogP contribution in [-0.4, -0.2) is 30.1 Å². The zero-order valence-electron chi connectivity index (χ0n) is 13.8. The van der Waals surface area contributed by atoms with Crippen LogP contribution < -0.4 is 5.73 Å². The Morgan fingerprint density at radius 2 is 1.95 bits per heavy atom. The van der Waals surface area contributed by atoms with Gasteiger partial charge < -0.3 is 5.73 Å². The largest absolute Gasteiger partial charge is 0.327 e. The summed E-state index contributed by atoms with van der Waals surface area (Å²) in [6.07, 6.45) is 5.27. The van der Waals surface area contributed by atoms with Crippen molar-refractivity contribution in [2.24, 2.45) is 11.7 Å². The molecule has 116 valence electrons. The topological polar surface area (TPSA) is 29.3 Å². The highest BCUT2D eigenvalue weighted by Crippen LogP contribution is 2.39. The molecule has 2 N–H and O–H groups in total. The Balaban J connectivity index is 1.77. The molecule has 2 aliphatic rings. The number of piperidine rings is 1. The minimum absolute atomic E-state index is 0.332. The standard InChI is InChI=1S/C19H30N2/c1-4-19(15-7-8-15)21-11-17(10-18(20)12-21)16-6-5-13(2)14(3)9-16/h5-6,9,15,17-19H,4,7-8,10-12,20H2,1-3H3. The number of benzene rings is 1. The molecule has 1 heterocycles. The highest BCUT2D eigenvalue weighted by Gasteiger charge is 2.37. The lowest BCUT2D eigenvalue weighted by Gasteiger charge is -2.41. The van der Waals surface area contributed by atoms with E-state index in [0.29, 0.717) is 12.0 Å². The van der Waals surface area contributed by atoms with Gasteiger partial charge in [0.1, 0.15) is 0 Å². The third kappa shape index (κ3) is 3.32. The van der Waals surface area contributed by atoms with Crippen LogP contribution in [0, 0.1) is 19.8 Å². The van der Waals surface area contributed by atoms with E-state index in [9.17, 15) is 0 Å². The van der Waals surface area contributed by atoms with E-state index < -0.39 is 0 Å². The average Bonchev–Trinajstić information content (AvgIpc) is 3.27. The van der Waals surface area contributed by atoms with Crippen molar-refractivity contribution >= 4 is 0 Å². The summed E-state index contributed by atoms with van der Waals surface area (Å²) in [5, 5.41) is 0. The Labute approximate surface area is 129 Å². The number of nitrogens with two attached hydrogens (primary N) is 1. The summed E-state index contributed by atoms with van der Waals surface area (Å²) in [6.45, 7) is 9.05. The van der Waals surface area contributed by atoms with E-state index in [0.717, 1.165) is 24.9 Å². The van der Waals surface area contributed by atoms with Gasteiger partial charge in [0.15, 0.2) is 0 Å². The monoisotopic (exact) mass is 286 g/mol. The summed E-state index contributed by atoms with van der Waals surface area (Å²) in [6, 6.07) is 8.08. The smallest absolute Gasteiger partial charge is 0.0174 e. The molecule has 1 saturated heterocycles. The predicted octanol–water partition coefficient (Wildman–Crippen LogP) is 3.61. The van der Waals surface area contributed by atoms with Gasteiger partial charge in [-0.1, -0.05) is 25.1 Å². The van der Waals surface area contributed by atoms with Crippen molar-refractivity contribution in [2.45, 2.75) is 64.5 Å². The fraction of sp³-hybridized carbons (Fsp3) is 0.684. The molecule has 0 spiro atoms. The number of rotatable bonds is 4. The van der Waals surface area contributed by atoms with Crippen molar-refractivity contribution in [3.05, 3.63) is 34.9 Å². The van der Waals surface area contributed by atoms with E-state index in [1.54, 1.807) is 0 Å². The van der Waals surface area contributed by atoms with Gasteiger partial charge in [0.2, 0.25) is 0 Å². The second-order valence-electron chi connectivity index (χ2n) is 7.30. The van der Waals surface area contributed by atoms with Gasteiger partial charge in [0.25, 0.3) is 0 Å². The quantitative estimate of drug-likeness (QED) is 0.916. The molecule has 3 unspecified atom stereocenters. The van der Waals surface area contributed by atoms with E-state index in [1.807, 2.05) is 0 Å². The summed E-state index contributed by atoms with van der Waals surface area (Å²) < 4.78 is 0. The van der Waals surface area contributed by atoms with Crippen molar-refractivity contribution in [1.82, 2.24) is 4.90 Å². The first-order valence-corrected chi connectivity index (χ1v) is 8.65. The van der Waals surface area contributed by atoms with Crippen LogP contribution in [-0.2, 0) is 0 Å². The summed E-state index contributed by atoms with van der Waals surface area (Å²) >= 11 is 0. The third-order valence-corrected chi connectivity index (χ3v) is 5.57. The van der Waals surface area contributed by atoms with E-state index in [2.05, 4.69) is 43.9 Å². The maximum absolute atomic E-state index is 6.39. The lowest BCUT2D eigenvalue weighted by atomic mass is 9.86. The Hall–Kier alpha value is -0.860. The molecule has 2 heteroatoms. The SMILES string of the molecule is CCC(C1CC1)N1CC(N)CC(c2ccc(C)c(C)c2)C1. The molecule has 0 bridgehead atoms. The van der Waals surface area contributed by atoms with Crippen LogP contribution in [0.25, 0.3) is 0 Å². The van der Waals surface area contributed by atoms with Crippen LogP contribution in [0.5, 0.6) is 0 Å². The van der Waals surface area contributed by atoms with Crippen molar-refractivity contribution in [3.63, 3.8) is 0 Å². The zero-order valence-corrected chi connectivity index (χ0v) is 13.8. The second kappa shape index (κ2) is 6.10. The van der Waals surface area contributed by atoms with E-state index in [-0.39, 0.29) is 0 Å². The summed E-state index contributed by atoms with van der Waals surface area (Å²) in [5.41, 5.74) is 10.7. The Bertz CT molecular complexity index is 492. The van der Waals surface area contributed by atoms with Gasteiger partial charge in [-0.25, -0.2) is 0 Å². The molecule has 0 aromatic heterocycles. The van der Waals surface area contributed by atoms with E-state index >= 15 is 0 Å². The van der Waals surface area contributed by atoms with E-state index in [1.165, 1.54) is 42.5 Å². The summed E-state index contributed by atoms with van der Waals surface area (Å²) in [7, 11) is 0. The Morgan fingerprint density at radius 3 is 2.57 bits per heavy atom. The van der Waals surface area contributed by atoms with Crippen LogP contribution in [0.4, 0.5) is 0 Å². The predicted molar refractivity (Wildman–Crippen MR) is 89.6 cm³/mol. The van der Waals surface area contributed by atoms with Gasteiger partial charge in [-0.05, 0) is 68.1 Å². The normalized spacial score (nSPS) is 28.6. The van der Waals surface area contributed by atoms with Crippen LogP contribution in [0.2, 0.25) is 0 Å². The number of nitrogens with zero attached hydrogens (tertiary/aromatic N) is 1. The molecule has 3 atom stereocenters. The van der Waals surface area contributed by atoms with Gasteiger partial charge >= 0.3 is 0 Å². The first-order chi connectivity index (χ1) is 10.1. The number of aryl methyl sites for hydroxylation is 2. The molecule has 1 aliphatic heterocycles. The molecule has 2 nitrogen and oxygen atoms in total. The second-order valence-corrected chi connectivity index (χ2v) is 7.30. The molecule has 3 rings (SSSR count). The third-order valence-electron chi connectivity index (χ3n) is 5.57. The van der Waals surface area contributed by atoms with Gasteiger partial charge in [-0.2, -0.15) is 0 Å². The maximum atomic E-state index is 6.39. The average molecular weight is 286 g/mol. The number of likely N-dealkylation sites (tertiary alicyclic amines) is 1. The summed E-state index contributed by atoms with van der Waals surface area (Å²) in [4.78, 5) is 2.70. The maximum Gasteiger partial charge on any atom is 0.0174 e. The Kier molecular flexibility index (Phi) is 4.37. The first kappa shape index (κ1) is 15.1. The molecule has 1 aromatic rings. The summed E-state index contributed by atoms with van der Waals surface area (Å²) in [5.74, 6) is 1.56. The minimum Gasteiger partial charge on any atom is -0.327 e. The van der Waals surface area contributed by atoms with Crippen LogP contribution in [0.3, 0.4) is 0 Å². The van der Waals surface area contributed by atoms with Crippen molar-refractivity contribution in [2.75, 3.05) is 13.1 Å².